The largest absolute Gasteiger partial charge is 0.344 e. The molecule has 3 aromatic rings. The average Bonchev–Trinajstić information content (AvgIpc) is 3.13. The maximum absolute atomic E-state index is 13.0. The minimum atomic E-state index is -0.789. The number of fused-ring (bicyclic) bond motifs is 1. The second-order valence-electron chi connectivity index (χ2n) is 6.72. The van der Waals surface area contributed by atoms with Crippen molar-refractivity contribution >= 4 is 23.0 Å². The number of aromatic nitrogens is 2. The van der Waals surface area contributed by atoms with Gasteiger partial charge < -0.3 is 5.32 Å². The number of carbonyl (C=O) groups is 2. The molecule has 25 heavy (non-hydrogen) atoms. The number of nitrogens with one attached hydrogen (secondary N) is 1. The maximum atomic E-state index is 13.0. The van der Waals surface area contributed by atoms with Crippen molar-refractivity contribution in [2.24, 2.45) is 0 Å². The highest BCUT2D eigenvalue weighted by Gasteiger charge is 2.59. The SMILES string of the molecule is O=C1NC2(CC(c3ccccc3)C2)C(=O)N1n1cnc2ccccc21. The van der Waals surface area contributed by atoms with Gasteiger partial charge in [-0.1, -0.05) is 42.5 Å². The molecule has 2 heterocycles. The molecule has 0 atom stereocenters. The Labute approximate surface area is 144 Å². The van der Waals surface area contributed by atoms with Gasteiger partial charge in [-0.2, -0.15) is 5.01 Å². The summed E-state index contributed by atoms with van der Waals surface area (Å²) in [5, 5.41) is 4.09. The van der Waals surface area contributed by atoms with Gasteiger partial charge in [0.15, 0.2) is 0 Å². The van der Waals surface area contributed by atoms with E-state index in [2.05, 4.69) is 22.4 Å². The molecule has 0 bridgehead atoms. The standard InChI is InChI=1S/C19H16N4O2/c24-17-19(10-14(11-19)13-6-2-1-3-7-13)21-18(25)23(17)22-12-20-15-8-4-5-9-16(15)22/h1-9,12,14H,10-11H2,(H,21,25). The van der Waals surface area contributed by atoms with Crippen LogP contribution in [0.2, 0.25) is 0 Å². The van der Waals surface area contributed by atoms with Crippen molar-refractivity contribution in [3.63, 3.8) is 0 Å². The van der Waals surface area contributed by atoms with Gasteiger partial charge in [0.1, 0.15) is 11.9 Å². The number of rotatable bonds is 2. The summed E-state index contributed by atoms with van der Waals surface area (Å²) in [6.45, 7) is 0. The second-order valence-corrected chi connectivity index (χ2v) is 6.72. The molecule has 124 valence electrons. The first kappa shape index (κ1) is 14.2. The zero-order chi connectivity index (χ0) is 17.0. The minimum absolute atomic E-state index is 0.201. The number of hydrogen-bond acceptors (Lipinski definition) is 3. The monoisotopic (exact) mass is 332 g/mol. The van der Waals surface area contributed by atoms with Crippen LogP contribution in [-0.2, 0) is 4.79 Å². The second kappa shape index (κ2) is 4.92. The quantitative estimate of drug-likeness (QED) is 0.733. The van der Waals surface area contributed by atoms with Crippen LogP contribution in [-0.4, -0.2) is 27.1 Å². The lowest BCUT2D eigenvalue weighted by atomic mass is 9.65. The van der Waals surface area contributed by atoms with E-state index in [0.29, 0.717) is 18.8 Å². The molecular weight excluding hydrogens is 316 g/mol. The highest BCUT2D eigenvalue weighted by Crippen LogP contribution is 2.47. The van der Waals surface area contributed by atoms with Crippen molar-refractivity contribution in [2.75, 3.05) is 5.01 Å². The number of carbonyl (C=O) groups excluding carboxylic acids is 2. The Morgan fingerprint density at radius 1 is 1.00 bits per heavy atom. The summed E-state index contributed by atoms with van der Waals surface area (Å²) in [6, 6.07) is 17.2. The fraction of sp³-hybridized carbons (Fsp3) is 0.211. The van der Waals surface area contributed by atoms with Crippen molar-refractivity contribution in [1.82, 2.24) is 15.0 Å². The van der Waals surface area contributed by atoms with Gasteiger partial charge in [0.25, 0.3) is 5.91 Å². The first-order chi connectivity index (χ1) is 12.2. The summed E-state index contributed by atoms with van der Waals surface area (Å²) in [5.74, 6) is 0.0952. The van der Waals surface area contributed by atoms with Crippen molar-refractivity contribution in [2.45, 2.75) is 24.3 Å². The number of imide groups is 1. The third-order valence-electron chi connectivity index (χ3n) is 5.25. The fourth-order valence-electron chi connectivity index (χ4n) is 3.93. The van der Waals surface area contributed by atoms with Gasteiger partial charge in [-0.05, 0) is 36.5 Å². The summed E-state index contributed by atoms with van der Waals surface area (Å²) >= 11 is 0. The molecule has 5 rings (SSSR count). The van der Waals surface area contributed by atoms with Crippen molar-refractivity contribution in [3.05, 3.63) is 66.5 Å². The Kier molecular flexibility index (Phi) is 2.80. The van der Waals surface area contributed by atoms with Crippen molar-refractivity contribution < 1.29 is 9.59 Å². The molecule has 0 radical (unpaired) electrons. The summed E-state index contributed by atoms with van der Waals surface area (Å²) in [6.07, 6.45) is 2.78. The van der Waals surface area contributed by atoms with E-state index in [9.17, 15) is 9.59 Å². The summed E-state index contributed by atoms with van der Waals surface area (Å²) in [7, 11) is 0. The van der Waals surface area contributed by atoms with Gasteiger partial charge in [0.05, 0.1) is 11.0 Å². The molecule has 0 unspecified atom stereocenters. The third kappa shape index (κ3) is 1.94. The van der Waals surface area contributed by atoms with Gasteiger partial charge in [0.2, 0.25) is 0 Å². The van der Waals surface area contributed by atoms with E-state index in [1.54, 1.807) is 0 Å². The molecule has 1 N–H and O–H groups in total. The van der Waals surface area contributed by atoms with Crippen LogP contribution in [0.4, 0.5) is 4.79 Å². The Balaban J connectivity index is 1.45. The third-order valence-corrected chi connectivity index (χ3v) is 5.25. The zero-order valence-electron chi connectivity index (χ0n) is 13.4. The molecule has 1 aromatic heterocycles. The normalized spacial score (nSPS) is 25.4. The number of nitrogens with zero attached hydrogens (tertiary/aromatic N) is 3. The molecule has 2 fully saturated rings. The van der Waals surface area contributed by atoms with E-state index in [1.165, 1.54) is 21.6 Å². The molecule has 1 saturated heterocycles. The van der Waals surface area contributed by atoms with E-state index >= 15 is 0 Å². The highest BCUT2D eigenvalue weighted by atomic mass is 16.2. The average molecular weight is 332 g/mol. The summed E-state index contributed by atoms with van der Waals surface area (Å²) in [4.78, 5) is 29.8. The Morgan fingerprint density at radius 3 is 2.52 bits per heavy atom. The predicted octanol–water partition coefficient (Wildman–Crippen LogP) is 2.54. The van der Waals surface area contributed by atoms with E-state index in [0.717, 1.165) is 11.0 Å². The molecular formula is C19H16N4O2. The topological polar surface area (TPSA) is 67.2 Å². The highest BCUT2D eigenvalue weighted by molar-refractivity contribution is 6.19. The Hall–Kier alpha value is -3.15. The van der Waals surface area contributed by atoms with Crippen LogP contribution in [0.15, 0.2) is 60.9 Å². The Bertz CT molecular complexity index is 989. The first-order valence-electron chi connectivity index (χ1n) is 8.32. The number of hydrogen-bond donors (Lipinski definition) is 1. The van der Waals surface area contributed by atoms with Crippen molar-refractivity contribution in [3.8, 4) is 0 Å². The molecule has 6 heteroatoms. The lowest BCUT2D eigenvalue weighted by Crippen LogP contribution is -2.56. The van der Waals surface area contributed by atoms with Crippen molar-refractivity contribution in [1.29, 1.82) is 0 Å². The molecule has 6 nitrogen and oxygen atoms in total. The number of amides is 3. The lowest BCUT2D eigenvalue weighted by Gasteiger charge is -2.42. The van der Waals surface area contributed by atoms with Gasteiger partial charge in [-0.15, -0.1) is 0 Å². The maximum Gasteiger partial charge on any atom is 0.344 e. The zero-order valence-corrected chi connectivity index (χ0v) is 13.4. The van der Waals surface area contributed by atoms with E-state index in [-0.39, 0.29) is 11.9 Å². The van der Waals surface area contributed by atoms with Crippen LogP contribution < -0.4 is 10.3 Å². The number of benzene rings is 2. The van der Waals surface area contributed by atoms with Crippen LogP contribution in [0.1, 0.15) is 24.3 Å². The van der Waals surface area contributed by atoms with Crippen LogP contribution in [0, 0.1) is 0 Å². The van der Waals surface area contributed by atoms with E-state index in [4.69, 9.17) is 0 Å². The molecule has 1 saturated carbocycles. The van der Waals surface area contributed by atoms with Crippen LogP contribution >= 0.6 is 0 Å². The number of urea groups is 1. The molecule has 1 aliphatic carbocycles. The van der Waals surface area contributed by atoms with E-state index < -0.39 is 5.54 Å². The molecule has 2 aromatic carbocycles. The first-order valence-corrected chi connectivity index (χ1v) is 8.32. The predicted molar refractivity (Wildman–Crippen MR) is 92.6 cm³/mol. The molecule has 2 aliphatic rings. The minimum Gasteiger partial charge on any atom is -0.321 e. The van der Waals surface area contributed by atoms with Gasteiger partial charge in [-0.25, -0.2) is 14.5 Å². The molecule has 1 aliphatic heterocycles. The van der Waals surface area contributed by atoms with Gasteiger partial charge >= 0.3 is 6.03 Å². The Morgan fingerprint density at radius 2 is 1.72 bits per heavy atom. The van der Waals surface area contributed by atoms with Crippen LogP contribution in [0.3, 0.4) is 0 Å². The summed E-state index contributed by atoms with van der Waals surface area (Å²) in [5.41, 5.74) is 1.91. The summed E-state index contributed by atoms with van der Waals surface area (Å²) < 4.78 is 1.54. The molecule has 3 amide bonds. The number of para-hydroxylation sites is 2. The van der Waals surface area contributed by atoms with Gasteiger partial charge in [0, 0.05) is 0 Å². The lowest BCUT2D eigenvalue weighted by molar-refractivity contribution is -0.126. The molecule has 1 spiro atoms. The van der Waals surface area contributed by atoms with Crippen LogP contribution in [0.25, 0.3) is 11.0 Å². The van der Waals surface area contributed by atoms with Gasteiger partial charge in [-0.3, -0.25) is 4.79 Å². The smallest absolute Gasteiger partial charge is 0.321 e. The number of imidazole rings is 1. The van der Waals surface area contributed by atoms with Crippen LogP contribution in [0.5, 0.6) is 0 Å². The van der Waals surface area contributed by atoms with E-state index in [1.807, 2.05) is 42.5 Å². The fourth-order valence-corrected chi connectivity index (χ4v) is 3.93.